The topological polar surface area (TPSA) is 85.4 Å². The third kappa shape index (κ3) is 3.46. The minimum Gasteiger partial charge on any atom is -0.458 e. The number of furan rings is 1. The summed E-state index contributed by atoms with van der Waals surface area (Å²) in [6.07, 6.45) is 0. The van der Waals surface area contributed by atoms with Gasteiger partial charge in [0.1, 0.15) is 11.5 Å². The summed E-state index contributed by atoms with van der Waals surface area (Å²) in [6, 6.07) is 13.0. The molecule has 1 amide bonds. The normalized spacial score (nSPS) is 10.4. The van der Waals surface area contributed by atoms with E-state index >= 15 is 0 Å². The van der Waals surface area contributed by atoms with Gasteiger partial charge in [-0.1, -0.05) is 6.07 Å². The fourth-order valence-electron chi connectivity index (χ4n) is 2.03. The minimum atomic E-state index is -0.503. The summed E-state index contributed by atoms with van der Waals surface area (Å²) in [7, 11) is 0. The van der Waals surface area contributed by atoms with Crippen molar-refractivity contribution in [3.63, 3.8) is 0 Å². The van der Waals surface area contributed by atoms with Crippen LogP contribution in [0.5, 0.6) is 0 Å². The van der Waals surface area contributed by atoms with E-state index in [-0.39, 0.29) is 18.1 Å². The molecule has 3 rings (SSSR count). The van der Waals surface area contributed by atoms with Crippen LogP contribution >= 0.6 is 11.3 Å². The van der Waals surface area contributed by atoms with Gasteiger partial charge in [0, 0.05) is 17.7 Å². The van der Waals surface area contributed by atoms with Gasteiger partial charge < -0.3 is 9.73 Å². The summed E-state index contributed by atoms with van der Waals surface area (Å²) in [4.78, 5) is 23.1. The molecule has 0 aliphatic carbocycles. The van der Waals surface area contributed by atoms with Crippen LogP contribution in [0, 0.1) is 10.1 Å². The molecule has 0 saturated heterocycles. The lowest BCUT2D eigenvalue weighted by Crippen LogP contribution is -2.22. The van der Waals surface area contributed by atoms with Gasteiger partial charge in [-0.15, -0.1) is 11.3 Å². The van der Waals surface area contributed by atoms with Gasteiger partial charge in [0.05, 0.1) is 16.3 Å². The van der Waals surface area contributed by atoms with E-state index in [1.54, 1.807) is 11.3 Å². The van der Waals surface area contributed by atoms with Gasteiger partial charge >= 0.3 is 0 Å². The Balaban J connectivity index is 1.61. The first-order chi connectivity index (χ1) is 11.1. The molecule has 116 valence electrons. The molecule has 0 unspecified atom stereocenters. The summed E-state index contributed by atoms with van der Waals surface area (Å²) in [5, 5.41) is 15.3. The van der Waals surface area contributed by atoms with E-state index in [2.05, 4.69) is 5.32 Å². The highest BCUT2D eigenvalue weighted by Crippen LogP contribution is 2.26. The van der Waals surface area contributed by atoms with Crippen LogP contribution in [-0.4, -0.2) is 10.8 Å². The molecule has 0 fully saturated rings. The molecule has 0 spiro atoms. The van der Waals surface area contributed by atoms with Crippen molar-refractivity contribution in [1.82, 2.24) is 5.32 Å². The van der Waals surface area contributed by atoms with E-state index < -0.39 is 4.92 Å². The number of carbonyl (C=O) groups is 1. The third-order valence-corrected chi connectivity index (χ3v) is 4.07. The molecular weight excluding hydrogens is 316 g/mol. The minimum absolute atomic E-state index is 0.0480. The summed E-state index contributed by atoms with van der Waals surface area (Å²) < 4.78 is 5.67. The molecule has 23 heavy (non-hydrogen) atoms. The lowest BCUT2D eigenvalue weighted by molar-refractivity contribution is -0.384. The van der Waals surface area contributed by atoms with Crippen LogP contribution in [-0.2, 0) is 6.54 Å². The molecule has 2 aromatic heterocycles. The molecule has 0 atom stereocenters. The maximum atomic E-state index is 12.0. The van der Waals surface area contributed by atoms with Crippen LogP contribution in [0.25, 0.3) is 10.6 Å². The maximum Gasteiger partial charge on any atom is 0.269 e. The third-order valence-electron chi connectivity index (χ3n) is 3.19. The number of rotatable bonds is 5. The molecule has 0 radical (unpaired) electrons. The number of hydrogen-bond donors (Lipinski definition) is 1. The van der Waals surface area contributed by atoms with Crippen LogP contribution in [0.1, 0.15) is 16.1 Å². The monoisotopic (exact) mass is 328 g/mol. The van der Waals surface area contributed by atoms with Crippen LogP contribution in [0.4, 0.5) is 5.69 Å². The molecule has 1 aromatic carbocycles. The van der Waals surface area contributed by atoms with Gasteiger partial charge in [0.2, 0.25) is 0 Å². The zero-order valence-corrected chi connectivity index (χ0v) is 12.7. The quantitative estimate of drug-likeness (QED) is 0.569. The second-order valence-electron chi connectivity index (χ2n) is 4.73. The Morgan fingerprint density at radius 2 is 1.96 bits per heavy atom. The van der Waals surface area contributed by atoms with Crippen molar-refractivity contribution < 1.29 is 14.1 Å². The van der Waals surface area contributed by atoms with Gasteiger partial charge in [0.15, 0.2) is 0 Å². The average Bonchev–Trinajstić information content (AvgIpc) is 3.23. The van der Waals surface area contributed by atoms with Crippen LogP contribution < -0.4 is 5.32 Å². The molecular formula is C16H12N2O4S. The highest BCUT2D eigenvalue weighted by molar-refractivity contribution is 7.13. The van der Waals surface area contributed by atoms with E-state index in [4.69, 9.17) is 4.42 Å². The lowest BCUT2D eigenvalue weighted by Gasteiger charge is -2.03. The Kier molecular flexibility index (Phi) is 4.20. The fourth-order valence-corrected chi connectivity index (χ4v) is 2.71. The number of carbonyl (C=O) groups excluding carboxylic acids is 1. The number of nitro benzene ring substituents is 1. The van der Waals surface area contributed by atoms with Crippen molar-refractivity contribution in [2.45, 2.75) is 6.54 Å². The largest absolute Gasteiger partial charge is 0.458 e. The van der Waals surface area contributed by atoms with Crippen molar-refractivity contribution in [3.8, 4) is 10.6 Å². The number of non-ortho nitro benzene ring substituents is 1. The summed E-state index contributed by atoms with van der Waals surface area (Å²) in [5.74, 6) is 1.09. The van der Waals surface area contributed by atoms with Crippen molar-refractivity contribution in [1.29, 1.82) is 0 Å². The van der Waals surface area contributed by atoms with Crippen LogP contribution in [0.3, 0.4) is 0 Å². The zero-order chi connectivity index (χ0) is 16.2. The summed E-state index contributed by atoms with van der Waals surface area (Å²) >= 11 is 1.58. The summed E-state index contributed by atoms with van der Waals surface area (Å²) in [5.41, 5.74) is 0.314. The number of nitro groups is 1. The maximum absolute atomic E-state index is 12.0. The highest BCUT2D eigenvalue weighted by atomic mass is 32.1. The van der Waals surface area contributed by atoms with Crippen molar-refractivity contribution in [2.24, 2.45) is 0 Å². The number of hydrogen-bond acceptors (Lipinski definition) is 5. The van der Waals surface area contributed by atoms with Gasteiger partial charge in [-0.2, -0.15) is 0 Å². The number of nitrogens with zero attached hydrogens (tertiary/aromatic N) is 1. The Labute approximate surface area is 135 Å². The second kappa shape index (κ2) is 6.45. The Bertz CT molecular complexity index is 822. The predicted molar refractivity (Wildman–Crippen MR) is 86.3 cm³/mol. The van der Waals surface area contributed by atoms with Gasteiger partial charge in [-0.25, -0.2) is 0 Å². The number of amides is 1. The Hall–Kier alpha value is -2.93. The molecule has 6 nitrogen and oxygen atoms in total. The first-order valence-electron chi connectivity index (χ1n) is 6.79. The van der Waals surface area contributed by atoms with Gasteiger partial charge in [0.25, 0.3) is 11.6 Å². The van der Waals surface area contributed by atoms with Crippen molar-refractivity contribution in [3.05, 3.63) is 75.3 Å². The first-order valence-corrected chi connectivity index (χ1v) is 7.67. The predicted octanol–water partition coefficient (Wildman–Crippen LogP) is 3.85. The van der Waals surface area contributed by atoms with Crippen molar-refractivity contribution in [2.75, 3.05) is 0 Å². The first kappa shape index (κ1) is 15.0. The number of nitrogens with one attached hydrogen (secondary N) is 1. The smallest absolute Gasteiger partial charge is 0.269 e. The van der Waals surface area contributed by atoms with Gasteiger partial charge in [-0.3, -0.25) is 14.9 Å². The fraction of sp³-hybridized carbons (Fsp3) is 0.0625. The molecule has 0 bridgehead atoms. The van der Waals surface area contributed by atoms with E-state index in [1.807, 2.05) is 29.6 Å². The molecule has 0 aliphatic heterocycles. The van der Waals surface area contributed by atoms with Crippen LogP contribution in [0.2, 0.25) is 0 Å². The van der Waals surface area contributed by atoms with E-state index in [1.165, 1.54) is 24.3 Å². The highest BCUT2D eigenvalue weighted by Gasteiger charge is 2.11. The zero-order valence-electron chi connectivity index (χ0n) is 11.9. The van der Waals surface area contributed by atoms with E-state index in [0.29, 0.717) is 11.3 Å². The molecule has 0 saturated carbocycles. The van der Waals surface area contributed by atoms with E-state index in [0.717, 1.165) is 10.6 Å². The van der Waals surface area contributed by atoms with E-state index in [9.17, 15) is 14.9 Å². The second-order valence-corrected chi connectivity index (χ2v) is 5.68. The van der Waals surface area contributed by atoms with Crippen molar-refractivity contribution >= 4 is 22.9 Å². The molecule has 2 heterocycles. The Morgan fingerprint density at radius 3 is 2.61 bits per heavy atom. The number of benzene rings is 1. The molecule has 0 aliphatic rings. The lowest BCUT2D eigenvalue weighted by atomic mass is 10.2. The summed E-state index contributed by atoms with van der Waals surface area (Å²) in [6.45, 7) is 0.251. The SMILES string of the molecule is O=C(NCc1ccc(-c2cccs2)o1)c1ccc([N+](=O)[O-])cc1. The molecule has 1 N–H and O–H groups in total. The molecule has 3 aromatic rings. The van der Waals surface area contributed by atoms with Crippen LogP contribution in [0.15, 0.2) is 58.3 Å². The Morgan fingerprint density at radius 1 is 1.17 bits per heavy atom. The standard InChI is InChI=1S/C16H12N2O4S/c19-16(11-3-5-12(6-4-11)18(20)21)17-10-13-7-8-14(22-13)15-2-1-9-23-15/h1-9H,10H2,(H,17,19). The number of thiophene rings is 1. The average molecular weight is 328 g/mol. The van der Waals surface area contributed by atoms with Gasteiger partial charge in [-0.05, 0) is 35.7 Å². The molecule has 7 heteroatoms.